The van der Waals surface area contributed by atoms with Crippen molar-refractivity contribution in [3.05, 3.63) is 35.6 Å². The third-order valence-corrected chi connectivity index (χ3v) is 3.83. The number of benzene rings is 1. The molecule has 116 valence electrons. The van der Waals surface area contributed by atoms with E-state index in [9.17, 15) is 9.18 Å². The summed E-state index contributed by atoms with van der Waals surface area (Å²) in [7, 11) is 1.83. The Morgan fingerprint density at radius 1 is 1.52 bits per heavy atom. The zero-order chi connectivity index (χ0) is 15.5. The van der Waals surface area contributed by atoms with E-state index in [4.69, 9.17) is 4.74 Å². The standard InChI is InChI=1S/C16H23FN2O2/c1-16(2)11-21-14(12-5-4-6-13(17)9-12)10-19(16)15(20)7-8-18-3/h4-6,9,14,18H,7-8,10-11H2,1-3H3. The molecule has 1 heterocycles. The van der Waals surface area contributed by atoms with Crippen LogP contribution < -0.4 is 5.32 Å². The number of ether oxygens (including phenoxy) is 1. The molecule has 21 heavy (non-hydrogen) atoms. The van der Waals surface area contributed by atoms with Gasteiger partial charge in [0.1, 0.15) is 11.9 Å². The Labute approximate surface area is 125 Å². The van der Waals surface area contributed by atoms with Gasteiger partial charge in [0, 0.05) is 13.0 Å². The molecule has 1 aliphatic heterocycles. The lowest BCUT2D eigenvalue weighted by Crippen LogP contribution is -2.56. The minimum Gasteiger partial charge on any atom is -0.369 e. The van der Waals surface area contributed by atoms with E-state index in [1.165, 1.54) is 12.1 Å². The second kappa shape index (κ2) is 6.54. The van der Waals surface area contributed by atoms with Crippen LogP contribution in [0.2, 0.25) is 0 Å². The van der Waals surface area contributed by atoms with Gasteiger partial charge in [0.25, 0.3) is 0 Å². The highest BCUT2D eigenvalue weighted by molar-refractivity contribution is 5.77. The van der Waals surface area contributed by atoms with Crippen LogP contribution in [0, 0.1) is 5.82 Å². The number of nitrogens with zero attached hydrogens (tertiary/aromatic N) is 1. The van der Waals surface area contributed by atoms with Gasteiger partial charge in [0.15, 0.2) is 0 Å². The Morgan fingerprint density at radius 3 is 2.95 bits per heavy atom. The number of morpholine rings is 1. The van der Waals surface area contributed by atoms with Crippen molar-refractivity contribution in [1.29, 1.82) is 0 Å². The van der Waals surface area contributed by atoms with Crippen molar-refractivity contribution in [1.82, 2.24) is 10.2 Å². The maximum atomic E-state index is 13.4. The molecule has 1 saturated heterocycles. The molecule has 0 bridgehead atoms. The normalized spacial score (nSPS) is 21.3. The van der Waals surface area contributed by atoms with Crippen molar-refractivity contribution in [2.24, 2.45) is 0 Å². The molecule has 1 N–H and O–H groups in total. The molecular formula is C16H23FN2O2. The predicted octanol–water partition coefficient (Wildman–Crippen LogP) is 2.11. The first kappa shape index (κ1) is 15.9. The molecule has 0 radical (unpaired) electrons. The molecule has 0 saturated carbocycles. The van der Waals surface area contributed by atoms with Crippen LogP contribution in [-0.2, 0) is 9.53 Å². The van der Waals surface area contributed by atoms with Crippen LogP contribution in [-0.4, -0.2) is 43.1 Å². The van der Waals surface area contributed by atoms with E-state index in [-0.39, 0.29) is 23.4 Å². The van der Waals surface area contributed by atoms with Crippen LogP contribution in [0.5, 0.6) is 0 Å². The van der Waals surface area contributed by atoms with Gasteiger partial charge in [-0.25, -0.2) is 4.39 Å². The van der Waals surface area contributed by atoms with Crippen molar-refractivity contribution in [2.45, 2.75) is 31.9 Å². The monoisotopic (exact) mass is 294 g/mol. The smallest absolute Gasteiger partial charge is 0.224 e. The summed E-state index contributed by atoms with van der Waals surface area (Å²) >= 11 is 0. The molecule has 5 heteroatoms. The third kappa shape index (κ3) is 3.80. The number of rotatable bonds is 4. The van der Waals surface area contributed by atoms with Crippen LogP contribution in [0.15, 0.2) is 24.3 Å². The Morgan fingerprint density at radius 2 is 2.29 bits per heavy atom. The fraction of sp³-hybridized carbons (Fsp3) is 0.562. The Balaban J connectivity index is 2.13. The molecule has 0 aliphatic carbocycles. The van der Waals surface area contributed by atoms with Gasteiger partial charge < -0.3 is 15.0 Å². The zero-order valence-corrected chi connectivity index (χ0v) is 12.9. The van der Waals surface area contributed by atoms with Gasteiger partial charge in [-0.1, -0.05) is 12.1 Å². The maximum absolute atomic E-state index is 13.4. The minimum absolute atomic E-state index is 0.0963. The highest BCUT2D eigenvalue weighted by atomic mass is 19.1. The van der Waals surface area contributed by atoms with Crippen molar-refractivity contribution in [3.8, 4) is 0 Å². The second-order valence-electron chi connectivity index (χ2n) is 6.02. The van der Waals surface area contributed by atoms with Gasteiger partial charge in [-0.2, -0.15) is 0 Å². The molecular weight excluding hydrogens is 271 g/mol. The maximum Gasteiger partial charge on any atom is 0.224 e. The number of amides is 1. The SMILES string of the molecule is CNCCC(=O)N1CC(c2cccc(F)c2)OCC1(C)C. The van der Waals surface area contributed by atoms with Crippen molar-refractivity contribution in [2.75, 3.05) is 26.7 Å². The fourth-order valence-corrected chi connectivity index (χ4v) is 2.56. The van der Waals surface area contributed by atoms with Gasteiger partial charge >= 0.3 is 0 Å². The Kier molecular flexibility index (Phi) is 4.96. The zero-order valence-electron chi connectivity index (χ0n) is 12.9. The van der Waals surface area contributed by atoms with Crippen LogP contribution in [0.25, 0.3) is 0 Å². The summed E-state index contributed by atoms with van der Waals surface area (Å²) in [5, 5.41) is 2.99. The lowest BCUT2D eigenvalue weighted by atomic mass is 9.97. The molecule has 1 aromatic rings. The molecule has 1 aromatic carbocycles. The van der Waals surface area contributed by atoms with Gasteiger partial charge in [-0.3, -0.25) is 4.79 Å². The highest BCUT2D eigenvalue weighted by Gasteiger charge is 2.38. The number of hydrogen-bond donors (Lipinski definition) is 1. The quantitative estimate of drug-likeness (QED) is 0.925. The van der Waals surface area contributed by atoms with E-state index in [0.717, 1.165) is 5.56 Å². The number of nitrogens with one attached hydrogen (secondary N) is 1. The van der Waals surface area contributed by atoms with Crippen LogP contribution >= 0.6 is 0 Å². The summed E-state index contributed by atoms with van der Waals surface area (Å²) in [4.78, 5) is 14.2. The first-order valence-electron chi connectivity index (χ1n) is 7.26. The van der Waals surface area contributed by atoms with Gasteiger partial charge in [-0.05, 0) is 38.6 Å². The molecule has 1 atom stereocenters. The van der Waals surface area contributed by atoms with E-state index < -0.39 is 0 Å². The molecule has 1 fully saturated rings. The first-order valence-corrected chi connectivity index (χ1v) is 7.26. The molecule has 0 aromatic heterocycles. The van der Waals surface area contributed by atoms with Gasteiger partial charge in [-0.15, -0.1) is 0 Å². The first-order chi connectivity index (χ1) is 9.94. The summed E-state index contributed by atoms with van der Waals surface area (Å²) < 4.78 is 19.2. The van der Waals surface area contributed by atoms with Crippen molar-refractivity contribution >= 4 is 5.91 Å². The number of carbonyl (C=O) groups excluding carboxylic acids is 1. The molecule has 2 rings (SSSR count). The number of carbonyl (C=O) groups is 1. The number of halogens is 1. The van der Waals surface area contributed by atoms with Crippen LogP contribution in [0.1, 0.15) is 31.9 Å². The average molecular weight is 294 g/mol. The molecule has 4 nitrogen and oxygen atoms in total. The van der Waals surface area contributed by atoms with Crippen molar-refractivity contribution < 1.29 is 13.9 Å². The van der Waals surface area contributed by atoms with E-state index in [2.05, 4.69) is 5.32 Å². The van der Waals surface area contributed by atoms with Gasteiger partial charge in [0.2, 0.25) is 5.91 Å². The number of hydrogen-bond acceptors (Lipinski definition) is 3. The third-order valence-electron chi connectivity index (χ3n) is 3.83. The van der Waals surface area contributed by atoms with E-state index in [1.54, 1.807) is 6.07 Å². The average Bonchev–Trinajstić information content (AvgIpc) is 2.44. The van der Waals surface area contributed by atoms with Crippen LogP contribution in [0.3, 0.4) is 0 Å². The molecule has 1 unspecified atom stereocenters. The Bertz CT molecular complexity index is 505. The van der Waals surface area contributed by atoms with E-state index >= 15 is 0 Å². The van der Waals surface area contributed by atoms with Gasteiger partial charge in [0.05, 0.1) is 18.7 Å². The summed E-state index contributed by atoms with van der Waals surface area (Å²) in [5.74, 6) is -0.187. The largest absolute Gasteiger partial charge is 0.369 e. The van der Waals surface area contributed by atoms with E-state index in [0.29, 0.717) is 26.1 Å². The highest BCUT2D eigenvalue weighted by Crippen LogP contribution is 2.30. The van der Waals surface area contributed by atoms with Crippen molar-refractivity contribution in [3.63, 3.8) is 0 Å². The van der Waals surface area contributed by atoms with Crippen LogP contribution in [0.4, 0.5) is 4.39 Å². The fourth-order valence-electron chi connectivity index (χ4n) is 2.56. The summed E-state index contributed by atoms with van der Waals surface area (Å²) in [6.45, 7) is 5.54. The lowest BCUT2D eigenvalue weighted by molar-refractivity contribution is -0.154. The summed E-state index contributed by atoms with van der Waals surface area (Å²) in [5.41, 5.74) is 0.436. The summed E-state index contributed by atoms with van der Waals surface area (Å²) in [6.07, 6.45) is 0.183. The lowest BCUT2D eigenvalue weighted by Gasteiger charge is -2.45. The second-order valence-corrected chi connectivity index (χ2v) is 6.02. The molecule has 1 aliphatic rings. The topological polar surface area (TPSA) is 41.6 Å². The predicted molar refractivity (Wildman–Crippen MR) is 79.4 cm³/mol. The summed E-state index contributed by atoms with van der Waals surface area (Å²) in [6, 6.07) is 6.38. The molecule has 0 spiro atoms. The molecule has 1 amide bonds. The van der Waals surface area contributed by atoms with E-state index in [1.807, 2.05) is 31.9 Å². The minimum atomic E-state index is -0.339. The Hall–Kier alpha value is -1.46.